The molecule has 1 amide bonds. The Morgan fingerprint density at radius 2 is 2.14 bits per heavy atom. The first-order valence-corrected chi connectivity index (χ1v) is 6.70. The molecule has 0 aromatic carbocycles. The number of carbonyl (C=O) groups excluding carboxylic acids is 1. The van der Waals surface area contributed by atoms with Gasteiger partial charge in [0.05, 0.1) is 6.20 Å². The second kappa shape index (κ2) is 5.28. The molecule has 3 heterocycles. The number of carbonyl (C=O) groups is 1. The number of H-pyrrole nitrogens is 1. The van der Waals surface area contributed by atoms with Gasteiger partial charge in [0.1, 0.15) is 11.4 Å². The van der Waals surface area contributed by atoms with Gasteiger partial charge >= 0.3 is 0 Å². The highest BCUT2D eigenvalue weighted by Crippen LogP contribution is 2.16. The molecular formula is C14H16N6O. The molecule has 21 heavy (non-hydrogen) atoms. The van der Waals surface area contributed by atoms with Crippen molar-refractivity contribution in [3.05, 3.63) is 48.0 Å². The topological polar surface area (TPSA) is 80.5 Å². The minimum Gasteiger partial charge on any atom is -0.308 e. The molecule has 0 aliphatic heterocycles. The Kier molecular flexibility index (Phi) is 3.31. The molecular weight excluding hydrogens is 268 g/mol. The van der Waals surface area contributed by atoms with Crippen LogP contribution in [0, 0.1) is 0 Å². The molecule has 0 fully saturated rings. The average Bonchev–Trinajstić information content (AvgIpc) is 3.17. The van der Waals surface area contributed by atoms with Gasteiger partial charge in [0.2, 0.25) is 0 Å². The summed E-state index contributed by atoms with van der Waals surface area (Å²) in [5, 5.41) is 13.9. The van der Waals surface area contributed by atoms with Gasteiger partial charge in [-0.25, -0.2) is 0 Å². The maximum atomic E-state index is 12.4. The molecule has 3 aromatic rings. The van der Waals surface area contributed by atoms with E-state index in [0.29, 0.717) is 17.2 Å². The van der Waals surface area contributed by atoms with E-state index >= 15 is 0 Å². The minimum absolute atomic E-state index is 0.235. The summed E-state index contributed by atoms with van der Waals surface area (Å²) < 4.78 is 3.51. The molecule has 108 valence electrons. The molecule has 0 radical (unpaired) electrons. The zero-order valence-electron chi connectivity index (χ0n) is 11.9. The summed E-state index contributed by atoms with van der Waals surface area (Å²) in [7, 11) is 1.80. The number of rotatable bonds is 4. The van der Waals surface area contributed by atoms with Crippen LogP contribution in [-0.2, 0) is 13.5 Å². The summed E-state index contributed by atoms with van der Waals surface area (Å²) >= 11 is 0. The molecule has 0 bridgehead atoms. The van der Waals surface area contributed by atoms with Gasteiger partial charge in [-0.3, -0.25) is 14.6 Å². The van der Waals surface area contributed by atoms with Crippen LogP contribution in [0.2, 0.25) is 0 Å². The highest BCUT2D eigenvalue weighted by molar-refractivity contribution is 6.05. The second-order valence-corrected chi connectivity index (χ2v) is 4.68. The largest absolute Gasteiger partial charge is 0.308 e. The van der Waals surface area contributed by atoms with Crippen molar-refractivity contribution in [3.8, 4) is 5.82 Å². The number of aromatic nitrogens is 5. The summed E-state index contributed by atoms with van der Waals surface area (Å²) in [6.07, 6.45) is 6.14. The fourth-order valence-electron chi connectivity index (χ4n) is 2.16. The number of hydrogen-bond acceptors (Lipinski definition) is 3. The van der Waals surface area contributed by atoms with Crippen molar-refractivity contribution in [2.24, 2.45) is 7.05 Å². The molecule has 3 aromatic heterocycles. The average molecular weight is 284 g/mol. The van der Waals surface area contributed by atoms with Crippen LogP contribution < -0.4 is 5.32 Å². The first kappa shape index (κ1) is 13.2. The third-order valence-electron chi connectivity index (χ3n) is 3.25. The third kappa shape index (κ3) is 2.45. The molecule has 0 atom stereocenters. The monoisotopic (exact) mass is 284 g/mol. The summed E-state index contributed by atoms with van der Waals surface area (Å²) in [6, 6.07) is 5.62. The van der Waals surface area contributed by atoms with E-state index in [0.717, 1.165) is 12.1 Å². The molecule has 0 aliphatic rings. The Labute approximate surface area is 121 Å². The summed E-state index contributed by atoms with van der Waals surface area (Å²) in [6.45, 7) is 2.02. The lowest BCUT2D eigenvalue weighted by Crippen LogP contribution is -2.15. The summed E-state index contributed by atoms with van der Waals surface area (Å²) in [5.41, 5.74) is 1.47. The Bertz CT molecular complexity index is 752. The first-order chi connectivity index (χ1) is 10.2. The number of nitrogens with one attached hydrogen (secondary N) is 2. The van der Waals surface area contributed by atoms with Crippen LogP contribution in [0.4, 0.5) is 5.82 Å². The van der Waals surface area contributed by atoms with E-state index in [-0.39, 0.29) is 5.91 Å². The number of hydrogen-bond donors (Lipinski definition) is 2. The maximum absolute atomic E-state index is 12.4. The minimum atomic E-state index is -0.235. The van der Waals surface area contributed by atoms with E-state index in [2.05, 4.69) is 20.6 Å². The van der Waals surface area contributed by atoms with Crippen LogP contribution in [0.15, 0.2) is 36.8 Å². The molecule has 0 unspecified atom stereocenters. The van der Waals surface area contributed by atoms with Crippen molar-refractivity contribution < 1.29 is 4.79 Å². The van der Waals surface area contributed by atoms with E-state index in [1.54, 1.807) is 17.9 Å². The quantitative estimate of drug-likeness (QED) is 0.766. The van der Waals surface area contributed by atoms with Crippen LogP contribution in [0.3, 0.4) is 0 Å². The van der Waals surface area contributed by atoms with Crippen molar-refractivity contribution in [1.82, 2.24) is 24.5 Å². The Morgan fingerprint density at radius 3 is 2.81 bits per heavy atom. The molecule has 7 heteroatoms. The lowest BCUT2D eigenvalue weighted by Gasteiger charge is -2.07. The van der Waals surface area contributed by atoms with Crippen LogP contribution in [-0.4, -0.2) is 30.5 Å². The Balaban J connectivity index is 1.88. The Morgan fingerprint density at radius 1 is 1.38 bits per heavy atom. The molecule has 0 spiro atoms. The van der Waals surface area contributed by atoms with Crippen molar-refractivity contribution in [2.45, 2.75) is 13.3 Å². The zero-order valence-corrected chi connectivity index (χ0v) is 11.9. The van der Waals surface area contributed by atoms with Gasteiger partial charge in [0.15, 0.2) is 5.82 Å². The van der Waals surface area contributed by atoms with Gasteiger partial charge in [-0.2, -0.15) is 10.2 Å². The highest BCUT2D eigenvalue weighted by atomic mass is 16.1. The fraction of sp³-hybridized carbons (Fsp3) is 0.214. The van der Waals surface area contributed by atoms with Crippen molar-refractivity contribution in [1.29, 1.82) is 0 Å². The van der Waals surface area contributed by atoms with Crippen LogP contribution in [0.5, 0.6) is 0 Å². The molecule has 7 nitrogen and oxygen atoms in total. The second-order valence-electron chi connectivity index (χ2n) is 4.68. The van der Waals surface area contributed by atoms with E-state index in [1.165, 1.54) is 0 Å². The van der Waals surface area contributed by atoms with Gasteiger partial charge < -0.3 is 9.88 Å². The standard InChI is InChI=1S/C14H16N6O/c1-3-10-8-12(18-17-10)16-13(21)11-9-15-19(2)14(11)20-6-4-5-7-20/h4-9H,3H2,1-2H3,(H2,16,17,18,21). The number of anilines is 1. The van der Waals surface area contributed by atoms with E-state index in [9.17, 15) is 4.79 Å². The van der Waals surface area contributed by atoms with Crippen molar-refractivity contribution >= 4 is 11.7 Å². The molecule has 0 aliphatic carbocycles. The van der Waals surface area contributed by atoms with Gasteiger partial charge in [-0.15, -0.1) is 0 Å². The smallest absolute Gasteiger partial charge is 0.262 e. The predicted molar refractivity (Wildman–Crippen MR) is 78.5 cm³/mol. The number of aromatic amines is 1. The van der Waals surface area contributed by atoms with Gasteiger partial charge in [-0.1, -0.05) is 6.92 Å². The lowest BCUT2D eigenvalue weighted by atomic mass is 10.3. The SMILES string of the molecule is CCc1cc(NC(=O)c2cnn(C)c2-n2cccc2)n[nH]1. The van der Waals surface area contributed by atoms with Crippen LogP contribution >= 0.6 is 0 Å². The van der Waals surface area contributed by atoms with Crippen LogP contribution in [0.25, 0.3) is 5.82 Å². The van der Waals surface area contributed by atoms with Gasteiger partial charge in [0, 0.05) is 31.2 Å². The third-order valence-corrected chi connectivity index (χ3v) is 3.25. The first-order valence-electron chi connectivity index (χ1n) is 6.70. The Hall–Kier alpha value is -2.83. The van der Waals surface area contributed by atoms with E-state index in [4.69, 9.17) is 0 Å². The van der Waals surface area contributed by atoms with E-state index in [1.807, 2.05) is 42.1 Å². The molecule has 2 N–H and O–H groups in total. The lowest BCUT2D eigenvalue weighted by molar-refractivity contribution is 0.102. The molecule has 0 saturated carbocycles. The summed E-state index contributed by atoms with van der Waals surface area (Å²) in [4.78, 5) is 12.4. The molecule has 0 saturated heterocycles. The number of nitrogens with zero attached hydrogens (tertiary/aromatic N) is 4. The normalized spacial score (nSPS) is 10.8. The van der Waals surface area contributed by atoms with Crippen LogP contribution in [0.1, 0.15) is 23.0 Å². The highest BCUT2D eigenvalue weighted by Gasteiger charge is 2.18. The number of aryl methyl sites for hydroxylation is 2. The van der Waals surface area contributed by atoms with E-state index < -0.39 is 0 Å². The maximum Gasteiger partial charge on any atom is 0.262 e. The van der Waals surface area contributed by atoms with Crippen molar-refractivity contribution in [2.75, 3.05) is 5.32 Å². The van der Waals surface area contributed by atoms with Gasteiger partial charge in [-0.05, 0) is 18.6 Å². The van der Waals surface area contributed by atoms with Crippen molar-refractivity contribution in [3.63, 3.8) is 0 Å². The summed E-state index contributed by atoms with van der Waals surface area (Å²) in [5.74, 6) is 0.990. The molecule has 3 rings (SSSR count). The fourth-order valence-corrected chi connectivity index (χ4v) is 2.16. The predicted octanol–water partition coefficient (Wildman–Crippen LogP) is 1.75. The van der Waals surface area contributed by atoms with Gasteiger partial charge in [0.25, 0.3) is 5.91 Å². The zero-order chi connectivity index (χ0) is 14.8. The number of amides is 1.